The normalized spacial score (nSPS) is 41.5. The number of hydrogen-bond donors (Lipinski definition) is 8. The van der Waals surface area contributed by atoms with Gasteiger partial charge in [-0.1, -0.05) is 0 Å². The first-order valence-electron chi connectivity index (χ1n) is 11.3. The third-order valence-corrected chi connectivity index (χ3v) is 6.47. The van der Waals surface area contributed by atoms with Crippen LogP contribution in [0.1, 0.15) is 44.9 Å². The van der Waals surface area contributed by atoms with Crippen molar-refractivity contribution in [2.45, 2.75) is 99.4 Å². The van der Waals surface area contributed by atoms with E-state index >= 15 is 0 Å². The monoisotopic (exact) mass is 445 g/mol. The number of aliphatic hydroxyl groups excluding tert-OH is 2. The Labute approximate surface area is 183 Å². The first-order valence-corrected chi connectivity index (χ1v) is 11.3. The lowest BCUT2D eigenvalue weighted by atomic mass is 9.86. The van der Waals surface area contributed by atoms with E-state index in [4.69, 9.17) is 26.7 Å². The van der Waals surface area contributed by atoms with Gasteiger partial charge in [-0.2, -0.15) is 0 Å². The molecule has 1 saturated heterocycles. The van der Waals surface area contributed by atoms with Crippen LogP contribution in [0.25, 0.3) is 0 Å². The van der Waals surface area contributed by atoms with E-state index in [1.54, 1.807) is 0 Å². The molecule has 9 atom stereocenters. The van der Waals surface area contributed by atoms with Crippen molar-refractivity contribution in [1.29, 1.82) is 0 Å². The van der Waals surface area contributed by atoms with Gasteiger partial charge in [0, 0.05) is 37.6 Å². The number of rotatable bonds is 10. The average molecular weight is 446 g/mol. The molecule has 31 heavy (non-hydrogen) atoms. The summed E-state index contributed by atoms with van der Waals surface area (Å²) < 4.78 is 12.0. The molecule has 3 fully saturated rings. The number of carbonyl (C=O) groups is 1. The third-order valence-electron chi connectivity index (χ3n) is 6.47. The molecule has 11 heteroatoms. The lowest BCUT2D eigenvalue weighted by Gasteiger charge is -2.41. The molecule has 0 aromatic rings. The van der Waals surface area contributed by atoms with Crippen molar-refractivity contribution in [2.24, 2.45) is 17.2 Å². The van der Waals surface area contributed by atoms with Crippen LogP contribution in [0.15, 0.2) is 0 Å². The van der Waals surface area contributed by atoms with Crippen LogP contribution in [0.2, 0.25) is 0 Å². The molecule has 0 aromatic heterocycles. The van der Waals surface area contributed by atoms with Gasteiger partial charge in [0.15, 0.2) is 11.9 Å². The summed E-state index contributed by atoms with van der Waals surface area (Å²) in [7, 11) is 0. The summed E-state index contributed by atoms with van der Waals surface area (Å²) in [6.45, 7) is 1.50. The lowest BCUT2D eigenvalue weighted by Crippen LogP contribution is -2.58. The van der Waals surface area contributed by atoms with E-state index in [1.165, 1.54) is 0 Å². The van der Waals surface area contributed by atoms with Crippen LogP contribution < -0.4 is 27.8 Å². The maximum absolute atomic E-state index is 12.2. The van der Waals surface area contributed by atoms with Gasteiger partial charge >= 0.3 is 0 Å². The molecule has 0 radical (unpaired) electrons. The summed E-state index contributed by atoms with van der Waals surface area (Å²) in [6, 6.07) is -1.37. The number of nitrogens with two attached hydrogens (primary N) is 3. The molecule has 0 bridgehead atoms. The van der Waals surface area contributed by atoms with Gasteiger partial charge < -0.3 is 52.6 Å². The third kappa shape index (κ3) is 6.56. The van der Waals surface area contributed by atoms with Gasteiger partial charge in [0.05, 0.1) is 18.3 Å². The van der Waals surface area contributed by atoms with Crippen molar-refractivity contribution in [3.8, 4) is 0 Å². The molecule has 7 unspecified atom stereocenters. The molecule has 0 aromatic carbocycles. The molecule has 2 aliphatic carbocycles. The Bertz CT molecular complexity index is 588. The second-order valence-electron chi connectivity index (χ2n) is 9.22. The second kappa shape index (κ2) is 10.8. The molecule has 2 saturated carbocycles. The fourth-order valence-electron chi connectivity index (χ4n) is 4.42. The minimum absolute atomic E-state index is 0.0451. The maximum Gasteiger partial charge on any atom is 0.253 e. The largest absolute Gasteiger partial charge is 0.392 e. The van der Waals surface area contributed by atoms with E-state index in [-0.39, 0.29) is 25.0 Å². The van der Waals surface area contributed by atoms with Crippen LogP contribution >= 0.6 is 0 Å². The summed E-state index contributed by atoms with van der Waals surface area (Å²) in [5, 5.41) is 36.3. The maximum atomic E-state index is 12.2. The number of aliphatic hydroxyl groups is 3. The van der Waals surface area contributed by atoms with Crippen molar-refractivity contribution in [1.82, 2.24) is 10.6 Å². The standard InChI is InChI=1S/C20H39N5O6/c21-5-4-12(26)9-24-10-13-2-1-3-17(30-13)31-18-14(22)6-11(7-15(18)27)25-19(28)20(29)8-16(20)23/h11-18,24,26-27,29H,1-10,21-23H2,(H,25,28)/t11?,12?,13?,14?,15?,16?,17-,18-,20?/m1/s1. The highest BCUT2D eigenvalue weighted by Crippen LogP contribution is 2.35. The molecule has 3 rings (SSSR count). The van der Waals surface area contributed by atoms with Crippen molar-refractivity contribution < 1.29 is 29.6 Å². The van der Waals surface area contributed by atoms with Crippen LogP contribution in [-0.2, 0) is 14.3 Å². The van der Waals surface area contributed by atoms with Crippen molar-refractivity contribution in [3.05, 3.63) is 0 Å². The predicted molar refractivity (Wildman–Crippen MR) is 113 cm³/mol. The quantitative estimate of drug-likeness (QED) is 0.171. The molecular weight excluding hydrogens is 406 g/mol. The first-order chi connectivity index (χ1) is 14.7. The summed E-state index contributed by atoms with van der Waals surface area (Å²) in [5.74, 6) is -0.508. The molecule has 11 nitrogen and oxygen atoms in total. The summed E-state index contributed by atoms with van der Waals surface area (Å²) >= 11 is 0. The molecule has 3 aliphatic rings. The minimum atomic E-state index is -1.50. The van der Waals surface area contributed by atoms with Gasteiger partial charge in [0.1, 0.15) is 6.10 Å². The first kappa shape index (κ1) is 24.7. The second-order valence-corrected chi connectivity index (χ2v) is 9.22. The number of nitrogens with one attached hydrogen (secondary N) is 2. The average Bonchev–Trinajstić information content (AvgIpc) is 3.33. The lowest BCUT2D eigenvalue weighted by molar-refractivity contribution is -0.237. The van der Waals surface area contributed by atoms with Crippen LogP contribution in [-0.4, -0.2) is 95.3 Å². The zero-order valence-corrected chi connectivity index (χ0v) is 18.0. The molecule has 180 valence electrons. The zero-order valence-electron chi connectivity index (χ0n) is 18.0. The van der Waals surface area contributed by atoms with Gasteiger partial charge in [-0.25, -0.2) is 0 Å². The van der Waals surface area contributed by atoms with E-state index in [0.717, 1.165) is 12.8 Å². The molecule has 1 heterocycles. The van der Waals surface area contributed by atoms with Crippen molar-refractivity contribution in [3.63, 3.8) is 0 Å². The smallest absolute Gasteiger partial charge is 0.253 e. The zero-order chi connectivity index (χ0) is 22.6. The van der Waals surface area contributed by atoms with Crippen LogP contribution in [0.3, 0.4) is 0 Å². The highest BCUT2D eigenvalue weighted by molar-refractivity contribution is 5.89. The molecule has 11 N–H and O–H groups in total. The van der Waals surface area contributed by atoms with Gasteiger partial charge in [0.2, 0.25) is 0 Å². The van der Waals surface area contributed by atoms with E-state index in [0.29, 0.717) is 38.9 Å². The molecule has 1 aliphatic heterocycles. The number of ether oxygens (including phenoxy) is 2. The number of hydrogen-bond acceptors (Lipinski definition) is 10. The van der Waals surface area contributed by atoms with E-state index in [1.807, 2.05) is 0 Å². The van der Waals surface area contributed by atoms with E-state index in [2.05, 4.69) is 10.6 Å². The molecular formula is C20H39N5O6. The molecule has 0 spiro atoms. The Morgan fingerprint density at radius 3 is 2.68 bits per heavy atom. The van der Waals surface area contributed by atoms with Gasteiger partial charge in [-0.15, -0.1) is 0 Å². The number of amides is 1. The highest BCUT2D eigenvalue weighted by atomic mass is 16.7. The van der Waals surface area contributed by atoms with E-state index < -0.39 is 48.2 Å². The highest BCUT2D eigenvalue weighted by Gasteiger charge is 2.57. The number of carbonyl (C=O) groups excluding carboxylic acids is 1. The SMILES string of the molecule is NCCC(O)CNCC1CCC[C@@H](O[C@@H]2C(N)CC(NC(=O)C3(O)CC3N)CC2O)O1. The summed E-state index contributed by atoms with van der Waals surface area (Å²) in [4.78, 5) is 12.2. The Morgan fingerprint density at radius 2 is 2.03 bits per heavy atom. The van der Waals surface area contributed by atoms with Gasteiger partial charge in [-0.3, -0.25) is 4.79 Å². The summed E-state index contributed by atoms with van der Waals surface area (Å²) in [6.07, 6.45) is 1.61. The van der Waals surface area contributed by atoms with Crippen molar-refractivity contribution >= 4 is 5.91 Å². The summed E-state index contributed by atoms with van der Waals surface area (Å²) in [5.41, 5.74) is 15.8. The minimum Gasteiger partial charge on any atom is -0.392 e. The Hall–Kier alpha value is -0.890. The van der Waals surface area contributed by atoms with Gasteiger partial charge in [-0.05, 0) is 45.1 Å². The fraction of sp³-hybridized carbons (Fsp3) is 0.950. The fourth-order valence-corrected chi connectivity index (χ4v) is 4.42. The Kier molecular flexibility index (Phi) is 8.64. The molecule has 1 amide bonds. The Morgan fingerprint density at radius 1 is 1.29 bits per heavy atom. The topological polar surface area (TPSA) is 198 Å². The van der Waals surface area contributed by atoms with Crippen LogP contribution in [0, 0.1) is 0 Å². The Balaban J connectivity index is 1.41. The van der Waals surface area contributed by atoms with Crippen LogP contribution in [0.4, 0.5) is 0 Å². The van der Waals surface area contributed by atoms with Crippen LogP contribution in [0.5, 0.6) is 0 Å². The van der Waals surface area contributed by atoms with E-state index in [9.17, 15) is 20.1 Å². The predicted octanol–water partition coefficient (Wildman–Crippen LogP) is -3.00. The van der Waals surface area contributed by atoms with Gasteiger partial charge in [0.25, 0.3) is 5.91 Å². The van der Waals surface area contributed by atoms with Crippen molar-refractivity contribution in [2.75, 3.05) is 19.6 Å².